The fourth-order valence-electron chi connectivity index (χ4n) is 1.73. The van der Waals surface area contributed by atoms with Crippen LogP contribution >= 0.6 is 0 Å². The van der Waals surface area contributed by atoms with Crippen molar-refractivity contribution in [2.45, 2.75) is 31.4 Å². The molecule has 1 N–H and O–H groups in total. The van der Waals surface area contributed by atoms with Crippen molar-refractivity contribution in [3.05, 3.63) is 0 Å². The normalized spacial score (nSPS) is 27.5. The van der Waals surface area contributed by atoms with Crippen LogP contribution in [0.1, 0.15) is 19.3 Å². The van der Waals surface area contributed by atoms with Crippen LogP contribution in [-0.2, 0) is 14.3 Å². The largest absolute Gasteiger partial charge is 0.468 e. The fraction of sp³-hybridized carbons (Fsp3) is 0.889. The molecule has 0 aromatic rings. The van der Waals surface area contributed by atoms with Crippen LogP contribution in [0.15, 0.2) is 0 Å². The Morgan fingerprint density at radius 2 is 2.23 bits per heavy atom. The molecule has 2 atom stereocenters. The molecule has 2 unspecified atom stereocenters. The topological polar surface area (TPSA) is 47.6 Å². The van der Waals surface area contributed by atoms with Gasteiger partial charge in [-0.05, 0) is 19.3 Å². The van der Waals surface area contributed by atoms with Gasteiger partial charge in [-0.1, -0.05) is 0 Å². The van der Waals surface area contributed by atoms with Gasteiger partial charge in [0, 0.05) is 13.2 Å². The van der Waals surface area contributed by atoms with Crippen molar-refractivity contribution >= 4 is 5.97 Å². The van der Waals surface area contributed by atoms with Gasteiger partial charge in [-0.15, -0.1) is 0 Å². The van der Waals surface area contributed by atoms with Crippen molar-refractivity contribution in [2.75, 3.05) is 20.8 Å². The van der Waals surface area contributed by atoms with Crippen molar-refractivity contribution in [1.29, 1.82) is 0 Å². The third kappa shape index (κ3) is 2.97. The summed E-state index contributed by atoms with van der Waals surface area (Å²) in [4.78, 5) is 10.8. The molecule has 0 amide bonds. The van der Waals surface area contributed by atoms with E-state index in [1.54, 1.807) is 7.11 Å². The molecular weight excluding hydrogens is 170 g/mol. The van der Waals surface area contributed by atoms with E-state index in [4.69, 9.17) is 4.74 Å². The zero-order valence-electron chi connectivity index (χ0n) is 8.21. The molecule has 0 aliphatic heterocycles. The van der Waals surface area contributed by atoms with Crippen LogP contribution < -0.4 is 5.32 Å². The van der Waals surface area contributed by atoms with Crippen LogP contribution in [0.2, 0.25) is 0 Å². The zero-order valence-corrected chi connectivity index (χ0v) is 8.21. The second-order valence-corrected chi connectivity index (χ2v) is 3.27. The van der Waals surface area contributed by atoms with Gasteiger partial charge in [0.1, 0.15) is 0 Å². The summed E-state index contributed by atoms with van der Waals surface area (Å²) >= 11 is 0. The average molecular weight is 187 g/mol. The average Bonchev–Trinajstić information content (AvgIpc) is 2.61. The van der Waals surface area contributed by atoms with Crippen LogP contribution in [0.4, 0.5) is 0 Å². The molecule has 0 saturated heterocycles. The van der Waals surface area contributed by atoms with Gasteiger partial charge in [0.25, 0.3) is 0 Å². The molecule has 4 nitrogen and oxygen atoms in total. The summed E-state index contributed by atoms with van der Waals surface area (Å²) in [5, 5.41) is 3.13. The Morgan fingerprint density at radius 3 is 2.85 bits per heavy atom. The van der Waals surface area contributed by atoms with E-state index in [9.17, 15) is 4.79 Å². The molecule has 1 fully saturated rings. The fourth-order valence-corrected chi connectivity index (χ4v) is 1.73. The summed E-state index contributed by atoms with van der Waals surface area (Å²) < 4.78 is 9.81. The molecule has 1 saturated carbocycles. The second kappa shape index (κ2) is 5.19. The summed E-state index contributed by atoms with van der Waals surface area (Å²) in [6.07, 6.45) is 3.58. The van der Waals surface area contributed by atoms with Gasteiger partial charge in [-0.3, -0.25) is 4.79 Å². The van der Waals surface area contributed by atoms with Crippen molar-refractivity contribution in [1.82, 2.24) is 5.32 Å². The number of hydrogen-bond acceptors (Lipinski definition) is 4. The van der Waals surface area contributed by atoms with E-state index >= 15 is 0 Å². The lowest BCUT2D eigenvalue weighted by Crippen LogP contribution is -2.39. The van der Waals surface area contributed by atoms with Crippen LogP contribution in [0.25, 0.3) is 0 Å². The smallest absolute Gasteiger partial charge is 0.319 e. The van der Waals surface area contributed by atoms with Gasteiger partial charge in [0.2, 0.25) is 0 Å². The molecule has 0 bridgehead atoms. The molecule has 76 valence electrons. The maximum absolute atomic E-state index is 10.8. The Balaban J connectivity index is 2.23. The van der Waals surface area contributed by atoms with Gasteiger partial charge in [0.05, 0.1) is 19.8 Å². The van der Waals surface area contributed by atoms with Crippen LogP contribution in [-0.4, -0.2) is 38.9 Å². The predicted molar refractivity (Wildman–Crippen MR) is 48.5 cm³/mol. The first-order chi connectivity index (χ1) is 6.27. The molecule has 0 radical (unpaired) electrons. The molecule has 4 heteroatoms. The molecule has 0 aromatic heterocycles. The van der Waals surface area contributed by atoms with E-state index in [1.165, 1.54) is 7.11 Å². The third-order valence-electron chi connectivity index (χ3n) is 2.49. The Bertz CT molecular complexity index is 172. The van der Waals surface area contributed by atoms with Gasteiger partial charge in [0.15, 0.2) is 0 Å². The van der Waals surface area contributed by atoms with E-state index in [-0.39, 0.29) is 18.6 Å². The minimum absolute atomic E-state index is 0.221. The first-order valence-corrected chi connectivity index (χ1v) is 4.61. The summed E-state index contributed by atoms with van der Waals surface area (Å²) in [6, 6.07) is 0.309. The third-order valence-corrected chi connectivity index (χ3v) is 2.49. The summed E-state index contributed by atoms with van der Waals surface area (Å²) in [5.74, 6) is -0.221. The molecule has 1 rings (SSSR count). The van der Waals surface area contributed by atoms with Crippen LogP contribution in [0.3, 0.4) is 0 Å². The Hall–Kier alpha value is -0.610. The van der Waals surface area contributed by atoms with E-state index in [0.717, 1.165) is 19.3 Å². The standard InChI is InChI=1S/C9H17NO3/c1-12-8-5-3-4-7(8)10-6-9(11)13-2/h7-8,10H,3-6H2,1-2H3. The Labute approximate surface area is 78.6 Å². The van der Waals surface area contributed by atoms with Crippen LogP contribution in [0.5, 0.6) is 0 Å². The lowest BCUT2D eigenvalue weighted by Gasteiger charge is -2.18. The quantitative estimate of drug-likeness (QED) is 0.644. The van der Waals surface area contributed by atoms with E-state index in [1.807, 2.05) is 0 Å². The van der Waals surface area contributed by atoms with Crippen molar-refractivity contribution in [2.24, 2.45) is 0 Å². The maximum Gasteiger partial charge on any atom is 0.319 e. The number of hydrogen-bond donors (Lipinski definition) is 1. The van der Waals surface area contributed by atoms with E-state index in [0.29, 0.717) is 6.04 Å². The number of rotatable bonds is 4. The number of ether oxygens (including phenoxy) is 2. The molecule has 1 aliphatic carbocycles. The minimum Gasteiger partial charge on any atom is -0.468 e. The summed E-state index contributed by atoms with van der Waals surface area (Å²) in [5.41, 5.74) is 0. The maximum atomic E-state index is 10.8. The number of esters is 1. The second-order valence-electron chi connectivity index (χ2n) is 3.27. The zero-order chi connectivity index (χ0) is 9.68. The van der Waals surface area contributed by atoms with Crippen molar-refractivity contribution < 1.29 is 14.3 Å². The number of nitrogens with one attached hydrogen (secondary N) is 1. The van der Waals surface area contributed by atoms with E-state index in [2.05, 4.69) is 10.1 Å². The van der Waals surface area contributed by atoms with Gasteiger partial charge < -0.3 is 14.8 Å². The van der Waals surface area contributed by atoms with Gasteiger partial charge >= 0.3 is 5.97 Å². The lowest BCUT2D eigenvalue weighted by molar-refractivity contribution is -0.139. The van der Waals surface area contributed by atoms with Gasteiger partial charge in [-0.2, -0.15) is 0 Å². The molecule has 0 aromatic carbocycles. The van der Waals surface area contributed by atoms with E-state index < -0.39 is 0 Å². The highest BCUT2D eigenvalue weighted by molar-refractivity contribution is 5.71. The van der Waals surface area contributed by atoms with Crippen molar-refractivity contribution in [3.8, 4) is 0 Å². The van der Waals surface area contributed by atoms with Gasteiger partial charge in [-0.25, -0.2) is 0 Å². The summed E-state index contributed by atoms with van der Waals surface area (Å²) in [7, 11) is 3.11. The number of methoxy groups -OCH3 is 2. The minimum atomic E-state index is -0.221. The Kier molecular flexibility index (Phi) is 4.18. The molecule has 1 aliphatic rings. The molecule has 13 heavy (non-hydrogen) atoms. The number of carbonyl (C=O) groups excluding carboxylic acids is 1. The monoisotopic (exact) mass is 187 g/mol. The molecular formula is C9H17NO3. The highest BCUT2D eigenvalue weighted by atomic mass is 16.5. The highest BCUT2D eigenvalue weighted by Crippen LogP contribution is 2.21. The molecule has 0 spiro atoms. The lowest BCUT2D eigenvalue weighted by atomic mass is 10.2. The first-order valence-electron chi connectivity index (χ1n) is 4.61. The first kappa shape index (κ1) is 10.5. The predicted octanol–water partition coefficient (Wildman–Crippen LogP) is 0.316. The SMILES string of the molecule is COC(=O)CNC1CCCC1OC. The Morgan fingerprint density at radius 1 is 1.46 bits per heavy atom. The van der Waals surface area contributed by atoms with Crippen LogP contribution in [0, 0.1) is 0 Å². The summed E-state index contributed by atoms with van der Waals surface area (Å²) in [6.45, 7) is 0.279. The molecule has 0 heterocycles. The highest BCUT2D eigenvalue weighted by Gasteiger charge is 2.26. The number of carbonyl (C=O) groups is 1. The van der Waals surface area contributed by atoms with Crippen molar-refractivity contribution in [3.63, 3.8) is 0 Å².